The van der Waals surface area contributed by atoms with Gasteiger partial charge in [0.2, 0.25) is 5.60 Å². The van der Waals surface area contributed by atoms with E-state index >= 15 is 0 Å². The predicted octanol–water partition coefficient (Wildman–Crippen LogP) is 2.82. The number of alkyl halides is 3. The zero-order valence-electron chi connectivity index (χ0n) is 13.6. The van der Waals surface area contributed by atoms with Crippen molar-refractivity contribution >= 4 is 0 Å². The Balaban J connectivity index is 2.73. The van der Waals surface area contributed by atoms with E-state index in [4.69, 9.17) is 5.73 Å². The highest BCUT2D eigenvalue weighted by molar-refractivity contribution is 5.60. The third-order valence-corrected chi connectivity index (χ3v) is 3.86. The summed E-state index contributed by atoms with van der Waals surface area (Å²) in [6.45, 7) is 1.63. The molecule has 0 amide bonds. The van der Waals surface area contributed by atoms with E-state index in [1.807, 2.05) is 0 Å². The van der Waals surface area contributed by atoms with E-state index in [9.17, 15) is 27.8 Å². The van der Waals surface area contributed by atoms with Gasteiger partial charge < -0.3 is 15.9 Å². The van der Waals surface area contributed by atoms with E-state index in [2.05, 4.69) is 4.98 Å². The lowest BCUT2D eigenvalue weighted by Gasteiger charge is -2.30. The van der Waals surface area contributed by atoms with Crippen molar-refractivity contribution in [2.75, 3.05) is 6.54 Å². The van der Waals surface area contributed by atoms with Gasteiger partial charge in [-0.2, -0.15) is 13.2 Å². The van der Waals surface area contributed by atoms with Gasteiger partial charge in [-0.05, 0) is 55.8 Å². The lowest BCUT2D eigenvalue weighted by molar-refractivity contribution is -0.263. The van der Waals surface area contributed by atoms with Crippen LogP contribution in [0.25, 0.3) is 11.3 Å². The van der Waals surface area contributed by atoms with Crippen molar-refractivity contribution in [2.24, 2.45) is 5.73 Å². The van der Waals surface area contributed by atoms with Gasteiger partial charge in [0.05, 0.1) is 17.0 Å². The first kappa shape index (κ1) is 19.3. The Morgan fingerprint density at radius 2 is 1.60 bits per heavy atom. The first-order valence-electron chi connectivity index (χ1n) is 7.39. The van der Waals surface area contributed by atoms with E-state index in [0.717, 1.165) is 18.2 Å². The van der Waals surface area contributed by atoms with Gasteiger partial charge in [0.15, 0.2) is 0 Å². The highest BCUT2D eigenvalue weighted by Crippen LogP contribution is 2.39. The highest BCUT2D eigenvalue weighted by Gasteiger charge is 2.55. The van der Waals surface area contributed by atoms with E-state index in [1.54, 1.807) is 0 Å². The molecule has 1 atom stereocenters. The van der Waals surface area contributed by atoms with Crippen LogP contribution >= 0.6 is 0 Å². The molecule has 0 aliphatic carbocycles. The highest BCUT2D eigenvalue weighted by atomic mass is 19.4. The van der Waals surface area contributed by atoms with Crippen LogP contribution in [0.5, 0.6) is 0 Å². The molecule has 1 heterocycles. The third-order valence-electron chi connectivity index (χ3n) is 3.86. The molecule has 25 heavy (non-hydrogen) atoms. The number of benzene rings is 1. The zero-order valence-corrected chi connectivity index (χ0v) is 13.6. The molecule has 0 spiro atoms. The van der Waals surface area contributed by atoms with Gasteiger partial charge in [0.1, 0.15) is 5.82 Å². The quantitative estimate of drug-likeness (QED) is 0.735. The average Bonchev–Trinajstić information content (AvgIpc) is 2.52. The fraction of sp³-hybridized carbons (Fsp3) is 0.353. The fourth-order valence-corrected chi connectivity index (χ4v) is 2.23. The molecule has 2 aromatic rings. The Bertz CT molecular complexity index is 755. The van der Waals surface area contributed by atoms with Crippen LogP contribution < -0.4 is 5.73 Å². The van der Waals surface area contributed by atoms with Crippen molar-refractivity contribution in [3.63, 3.8) is 0 Å². The van der Waals surface area contributed by atoms with Crippen LogP contribution in [0.4, 0.5) is 17.6 Å². The van der Waals surface area contributed by atoms with Crippen LogP contribution in [0.3, 0.4) is 0 Å². The lowest BCUT2D eigenvalue weighted by atomic mass is 9.91. The van der Waals surface area contributed by atoms with Crippen LogP contribution in [0, 0.1) is 5.82 Å². The number of halogens is 4. The van der Waals surface area contributed by atoms with Gasteiger partial charge in [-0.1, -0.05) is 0 Å². The van der Waals surface area contributed by atoms with E-state index < -0.39 is 35.4 Å². The van der Waals surface area contributed by atoms with E-state index in [0.29, 0.717) is 5.56 Å². The summed E-state index contributed by atoms with van der Waals surface area (Å²) in [6.07, 6.45) is -5.06. The standard InChI is InChI=1S/C17H18F4N2O2/c1-15(2,24)11-7-13(10-3-5-12(18)6-4-10)23-14(8-11)16(25,9-22)17(19,20)21/h3-8,24-25H,9,22H2,1-2H3. The van der Waals surface area contributed by atoms with Crippen LogP contribution in [-0.2, 0) is 11.2 Å². The maximum absolute atomic E-state index is 13.3. The van der Waals surface area contributed by atoms with Crippen molar-refractivity contribution in [3.8, 4) is 11.3 Å². The van der Waals surface area contributed by atoms with Gasteiger partial charge in [-0.15, -0.1) is 0 Å². The summed E-state index contributed by atoms with van der Waals surface area (Å²) in [7, 11) is 0. The Morgan fingerprint density at radius 1 is 1.04 bits per heavy atom. The molecule has 0 saturated heterocycles. The van der Waals surface area contributed by atoms with Gasteiger partial charge in [0.25, 0.3) is 0 Å². The van der Waals surface area contributed by atoms with Gasteiger partial charge in [0, 0.05) is 12.1 Å². The number of nitrogens with two attached hydrogens (primary N) is 1. The largest absolute Gasteiger partial charge is 0.424 e. The monoisotopic (exact) mass is 358 g/mol. The minimum absolute atomic E-state index is 0.0470. The first-order valence-corrected chi connectivity index (χ1v) is 7.39. The number of hydrogen-bond donors (Lipinski definition) is 3. The molecule has 1 aromatic heterocycles. The SMILES string of the molecule is CC(C)(O)c1cc(-c2ccc(F)cc2)nc(C(O)(CN)C(F)(F)F)c1. The van der Waals surface area contributed by atoms with Crippen molar-refractivity contribution in [3.05, 3.63) is 53.5 Å². The summed E-state index contributed by atoms with van der Waals surface area (Å²) in [5.74, 6) is -0.517. The minimum Gasteiger partial charge on any atom is -0.386 e. The molecule has 0 bridgehead atoms. The molecule has 1 unspecified atom stereocenters. The lowest BCUT2D eigenvalue weighted by Crippen LogP contribution is -2.49. The number of pyridine rings is 1. The molecule has 0 saturated carbocycles. The number of nitrogens with zero attached hydrogens (tertiary/aromatic N) is 1. The Labute approximate surface area is 141 Å². The molecule has 0 aliphatic heterocycles. The second-order valence-electron chi connectivity index (χ2n) is 6.25. The van der Waals surface area contributed by atoms with Crippen molar-refractivity contribution in [1.29, 1.82) is 0 Å². The summed E-state index contributed by atoms with van der Waals surface area (Å²) in [5, 5.41) is 20.3. The van der Waals surface area contributed by atoms with E-state index in [1.165, 1.54) is 32.0 Å². The second kappa shape index (κ2) is 6.36. The smallest absolute Gasteiger partial charge is 0.386 e. The maximum atomic E-state index is 13.3. The summed E-state index contributed by atoms with van der Waals surface area (Å²) in [5.41, 5.74) is 0.0522. The van der Waals surface area contributed by atoms with E-state index in [-0.39, 0.29) is 11.3 Å². The third kappa shape index (κ3) is 3.81. The minimum atomic E-state index is -5.06. The Kier molecular flexibility index (Phi) is 4.91. The molecule has 0 radical (unpaired) electrons. The average molecular weight is 358 g/mol. The zero-order chi connectivity index (χ0) is 19.0. The van der Waals surface area contributed by atoms with Crippen molar-refractivity contribution < 1.29 is 27.8 Å². The van der Waals surface area contributed by atoms with Crippen molar-refractivity contribution in [2.45, 2.75) is 31.2 Å². The number of aliphatic hydroxyl groups is 2. The molecular formula is C17H18F4N2O2. The number of aromatic nitrogens is 1. The van der Waals surface area contributed by atoms with Gasteiger partial charge in [-0.3, -0.25) is 0 Å². The van der Waals surface area contributed by atoms with Crippen LogP contribution in [0.1, 0.15) is 25.1 Å². The summed E-state index contributed by atoms with van der Waals surface area (Å²) >= 11 is 0. The summed E-state index contributed by atoms with van der Waals surface area (Å²) in [4.78, 5) is 3.87. The number of hydrogen-bond acceptors (Lipinski definition) is 4. The Morgan fingerprint density at radius 3 is 2.04 bits per heavy atom. The molecule has 136 valence electrons. The molecule has 4 N–H and O–H groups in total. The second-order valence-corrected chi connectivity index (χ2v) is 6.25. The Hall–Kier alpha value is -2.03. The first-order chi connectivity index (χ1) is 11.4. The topological polar surface area (TPSA) is 79.4 Å². The normalized spacial score (nSPS) is 15.1. The predicted molar refractivity (Wildman–Crippen MR) is 83.9 cm³/mol. The summed E-state index contributed by atoms with van der Waals surface area (Å²) < 4.78 is 53.1. The number of rotatable bonds is 4. The van der Waals surface area contributed by atoms with Gasteiger partial charge in [-0.25, -0.2) is 9.37 Å². The fourth-order valence-electron chi connectivity index (χ4n) is 2.23. The van der Waals surface area contributed by atoms with Crippen LogP contribution in [0.2, 0.25) is 0 Å². The van der Waals surface area contributed by atoms with Crippen molar-refractivity contribution in [1.82, 2.24) is 4.98 Å². The van der Waals surface area contributed by atoms with Crippen LogP contribution in [0.15, 0.2) is 36.4 Å². The van der Waals surface area contributed by atoms with Gasteiger partial charge >= 0.3 is 6.18 Å². The molecule has 0 fully saturated rings. The van der Waals surface area contributed by atoms with Crippen LogP contribution in [-0.4, -0.2) is 27.9 Å². The maximum Gasteiger partial charge on any atom is 0.424 e. The molecule has 0 aliphatic rings. The molecule has 8 heteroatoms. The molecule has 1 aromatic carbocycles. The molecule has 4 nitrogen and oxygen atoms in total. The molecular weight excluding hydrogens is 340 g/mol. The summed E-state index contributed by atoms with van der Waals surface area (Å²) in [6, 6.07) is 7.28. The molecule has 2 rings (SSSR count).